The number of hydrogen-bond donors (Lipinski definition) is 4. The Bertz CT molecular complexity index is 1560. The smallest absolute Gasteiger partial charge is 0.407 e. The Morgan fingerprint density at radius 3 is 2.62 bits per heavy atom. The fourth-order valence-corrected chi connectivity index (χ4v) is 8.43. The van der Waals surface area contributed by atoms with Crippen molar-refractivity contribution >= 4 is 33.4 Å². The SMILES string of the molecule is CC(C)NC(=S)NCCCC(C)(C)CN(C[C@@H](O)[C@H](Cc1ccccc1)NC(=O)O[C@H]1CO[C@H]2OCC[C@H]21)S(=O)(=O)c1ccc2c(c1)OCO2. The number of nitrogens with zero attached hydrogens (tertiary/aromatic N) is 1. The molecule has 0 aromatic heterocycles. The molecular formula is C35H50N4O9S2. The van der Waals surface area contributed by atoms with Gasteiger partial charge in [0, 0.05) is 31.7 Å². The van der Waals surface area contributed by atoms with Gasteiger partial charge in [-0.15, -0.1) is 0 Å². The maximum atomic E-state index is 14.3. The predicted octanol–water partition coefficient (Wildman–Crippen LogP) is 3.54. The molecule has 0 unspecified atom stereocenters. The Hall–Kier alpha value is -3.21. The molecule has 276 valence electrons. The zero-order chi connectivity index (χ0) is 35.9. The Morgan fingerprint density at radius 1 is 1.10 bits per heavy atom. The van der Waals surface area contributed by atoms with Crippen molar-refractivity contribution in [2.24, 2.45) is 11.3 Å². The minimum absolute atomic E-state index is 0.00278. The monoisotopic (exact) mass is 734 g/mol. The molecule has 0 aliphatic carbocycles. The second kappa shape index (κ2) is 16.9. The summed E-state index contributed by atoms with van der Waals surface area (Å²) in [5, 5.41) is 21.6. The van der Waals surface area contributed by atoms with Gasteiger partial charge in [-0.3, -0.25) is 0 Å². The molecule has 5 rings (SSSR count). The lowest BCUT2D eigenvalue weighted by Gasteiger charge is -2.35. The van der Waals surface area contributed by atoms with Gasteiger partial charge in [-0.25, -0.2) is 13.2 Å². The lowest BCUT2D eigenvalue weighted by atomic mass is 9.87. The van der Waals surface area contributed by atoms with E-state index < -0.39 is 39.8 Å². The van der Waals surface area contributed by atoms with Crippen molar-refractivity contribution in [2.45, 2.75) is 88.9 Å². The lowest BCUT2D eigenvalue weighted by molar-refractivity contribution is -0.0907. The summed E-state index contributed by atoms with van der Waals surface area (Å²) in [6.45, 7) is 9.19. The average molecular weight is 735 g/mol. The Balaban J connectivity index is 1.33. The molecule has 2 fully saturated rings. The van der Waals surface area contributed by atoms with Gasteiger partial charge in [0.15, 0.2) is 22.9 Å². The number of carbonyl (C=O) groups excluding carboxylic acids is 1. The summed E-state index contributed by atoms with van der Waals surface area (Å²) in [6, 6.07) is 13.2. The minimum atomic E-state index is -4.15. The van der Waals surface area contributed by atoms with E-state index in [1.54, 1.807) is 6.07 Å². The highest BCUT2D eigenvalue weighted by Gasteiger charge is 2.44. The van der Waals surface area contributed by atoms with E-state index in [2.05, 4.69) is 16.0 Å². The highest BCUT2D eigenvalue weighted by Crippen LogP contribution is 2.36. The second-order valence-electron chi connectivity index (χ2n) is 14.1. The van der Waals surface area contributed by atoms with E-state index in [0.717, 1.165) is 18.4 Å². The molecule has 4 N–H and O–H groups in total. The van der Waals surface area contributed by atoms with Crippen molar-refractivity contribution in [1.29, 1.82) is 0 Å². The number of sulfonamides is 1. The summed E-state index contributed by atoms with van der Waals surface area (Å²) in [5.41, 5.74) is 0.356. The van der Waals surface area contributed by atoms with Crippen LogP contribution in [0.4, 0.5) is 4.79 Å². The number of benzene rings is 2. The summed E-state index contributed by atoms with van der Waals surface area (Å²) < 4.78 is 57.8. The second-order valence-corrected chi connectivity index (χ2v) is 16.5. The number of carbonyl (C=O) groups is 1. The fraction of sp³-hybridized carbons (Fsp3) is 0.600. The molecule has 2 saturated heterocycles. The van der Waals surface area contributed by atoms with Gasteiger partial charge in [0.05, 0.1) is 36.2 Å². The summed E-state index contributed by atoms with van der Waals surface area (Å²) in [5.74, 6) is 0.738. The van der Waals surface area contributed by atoms with Crippen LogP contribution in [-0.4, -0.2) is 99.3 Å². The minimum Gasteiger partial charge on any atom is -0.454 e. The van der Waals surface area contributed by atoms with Gasteiger partial charge in [0.1, 0.15) is 6.10 Å². The molecule has 3 aliphatic heterocycles. The van der Waals surface area contributed by atoms with E-state index in [9.17, 15) is 18.3 Å². The summed E-state index contributed by atoms with van der Waals surface area (Å²) in [6.07, 6.45) is -0.522. The number of nitrogens with one attached hydrogen (secondary N) is 3. The molecule has 3 aliphatic rings. The van der Waals surface area contributed by atoms with Crippen molar-refractivity contribution < 1.29 is 42.0 Å². The molecule has 15 heteroatoms. The molecule has 3 heterocycles. The molecule has 5 atom stereocenters. The standard InChI is InChI=1S/C35H50N4O9S2/c1-23(2)37-33(49)36-15-8-14-35(3,4)21-39(50(42,43)25-11-12-29-30(18-25)47-22-46-29)19-28(40)27(17-24-9-6-5-7-10-24)38-34(41)48-31-20-45-32-26(31)13-16-44-32/h5-7,9-12,18,23,26-28,31-32,40H,8,13-17,19-22H2,1-4H3,(H,38,41)(H2,36,37,49)/t26-,27-,28+,31-,32+/m0/s1. The number of fused-ring (bicyclic) bond motifs is 2. The number of thiocarbonyl (C=S) groups is 1. The zero-order valence-electron chi connectivity index (χ0n) is 29.1. The fourth-order valence-electron chi connectivity index (χ4n) is 6.43. The highest BCUT2D eigenvalue weighted by atomic mass is 32.2. The molecular weight excluding hydrogens is 685 g/mol. The molecule has 0 bridgehead atoms. The third-order valence-electron chi connectivity index (χ3n) is 9.02. The number of hydrogen-bond acceptors (Lipinski definition) is 10. The van der Waals surface area contributed by atoms with Crippen molar-refractivity contribution in [3.63, 3.8) is 0 Å². The predicted molar refractivity (Wildman–Crippen MR) is 190 cm³/mol. The van der Waals surface area contributed by atoms with Gasteiger partial charge in [0.2, 0.25) is 16.8 Å². The number of amides is 1. The van der Waals surface area contributed by atoms with Crippen LogP contribution in [0.25, 0.3) is 0 Å². The normalized spacial score (nSPS) is 21.1. The first-order chi connectivity index (χ1) is 23.8. The quantitative estimate of drug-likeness (QED) is 0.147. The Labute approximate surface area is 300 Å². The van der Waals surface area contributed by atoms with Crippen LogP contribution in [0.15, 0.2) is 53.4 Å². The first-order valence-electron chi connectivity index (χ1n) is 17.2. The zero-order valence-corrected chi connectivity index (χ0v) is 30.8. The first-order valence-corrected chi connectivity index (χ1v) is 19.0. The largest absolute Gasteiger partial charge is 0.454 e. The van der Waals surface area contributed by atoms with E-state index in [1.165, 1.54) is 16.4 Å². The van der Waals surface area contributed by atoms with Crippen LogP contribution in [0.3, 0.4) is 0 Å². The van der Waals surface area contributed by atoms with Gasteiger partial charge in [-0.05, 0) is 74.9 Å². The van der Waals surface area contributed by atoms with Crippen LogP contribution in [0.5, 0.6) is 11.5 Å². The molecule has 1 amide bonds. The van der Waals surface area contributed by atoms with E-state index in [1.807, 2.05) is 58.0 Å². The van der Waals surface area contributed by atoms with Crippen LogP contribution in [-0.2, 0) is 30.7 Å². The maximum absolute atomic E-state index is 14.3. The summed E-state index contributed by atoms with van der Waals surface area (Å²) in [4.78, 5) is 13.3. The molecule has 0 spiro atoms. The van der Waals surface area contributed by atoms with Gasteiger partial charge in [0.25, 0.3) is 0 Å². The molecule has 2 aromatic rings. The van der Waals surface area contributed by atoms with Gasteiger partial charge >= 0.3 is 6.09 Å². The number of aliphatic hydroxyl groups is 1. The topological polar surface area (TPSA) is 157 Å². The van der Waals surface area contributed by atoms with Crippen LogP contribution >= 0.6 is 12.2 Å². The molecule has 13 nitrogen and oxygen atoms in total. The summed E-state index contributed by atoms with van der Waals surface area (Å²) >= 11 is 5.34. The maximum Gasteiger partial charge on any atom is 0.407 e. The molecule has 0 radical (unpaired) electrons. The number of rotatable bonds is 16. The van der Waals surface area contributed by atoms with E-state index in [0.29, 0.717) is 36.2 Å². The molecule has 50 heavy (non-hydrogen) atoms. The van der Waals surface area contributed by atoms with E-state index in [4.69, 9.17) is 35.9 Å². The van der Waals surface area contributed by atoms with Gasteiger partial charge in [-0.1, -0.05) is 44.2 Å². The van der Waals surface area contributed by atoms with Crippen LogP contribution < -0.4 is 25.4 Å². The highest BCUT2D eigenvalue weighted by molar-refractivity contribution is 7.89. The van der Waals surface area contributed by atoms with E-state index >= 15 is 0 Å². The first kappa shape index (κ1) is 38.0. The Morgan fingerprint density at radius 2 is 1.86 bits per heavy atom. The summed E-state index contributed by atoms with van der Waals surface area (Å²) in [7, 11) is -4.15. The van der Waals surface area contributed by atoms with Crippen molar-refractivity contribution in [3.8, 4) is 11.5 Å². The molecule has 0 saturated carbocycles. The van der Waals surface area contributed by atoms with Crippen LogP contribution in [0.2, 0.25) is 0 Å². The number of ether oxygens (including phenoxy) is 5. The third kappa shape index (κ3) is 10.2. The molecule has 2 aromatic carbocycles. The number of alkyl carbamates (subject to hydrolysis) is 1. The van der Waals surface area contributed by atoms with Gasteiger partial charge < -0.3 is 44.7 Å². The van der Waals surface area contributed by atoms with Crippen molar-refractivity contribution in [2.75, 3.05) is 39.6 Å². The Kier molecular flexibility index (Phi) is 12.8. The lowest BCUT2D eigenvalue weighted by Crippen LogP contribution is -2.52. The third-order valence-corrected chi connectivity index (χ3v) is 11.1. The average Bonchev–Trinajstić information content (AvgIpc) is 3.81. The van der Waals surface area contributed by atoms with Crippen LogP contribution in [0, 0.1) is 11.3 Å². The van der Waals surface area contributed by atoms with E-state index in [-0.39, 0.29) is 56.1 Å². The van der Waals surface area contributed by atoms with Crippen molar-refractivity contribution in [1.82, 2.24) is 20.3 Å². The number of aliphatic hydroxyl groups excluding tert-OH is 1. The van der Waals surface area contributed by atoms with Crippen molar-refractivity contribution in [3.05, 3.63) is 54.1 Å². The van der Waals surface area contributed by atoms with Gasteiger partial charge in [-0.2, -0.15) is 4.31 Å². The van der Waals surface area contributed by atoms with Crippen LogP contribution in [0.1, 0.15) is 52.5 Å².